The van der Waals surface area contributed by atoms with Crippen LogP contribution >= 0.6 is 0 Å². The summed E-state index contributed by atoms with van der Waals surface area (Å²) in [6.07, 6.45) is 4.59. The third kappa shape index (κ3) is 6.98. The normalized spacial score (nSPS) is 12.6. The molecule has 2 aliphatic rings. The van der Waals surface area contributed by atoms with E-state index >= 15 is 0 Å². The summed E-state index contributed by atoms with van der Waals surface area (Å²) in [4.78, 5) is 57.2. The van der Waals surface area contributed by atoms with E-state index in [1.54, 1.807) is 6.92 Å². The molecule has 50 heavy (non-hydrogen) atoms. The van der Waals surface area contributed by atoms with Gasteiger partial charge in [0.1, 0.15) is 12.7 Å². The second-order valence-electron chi connectivity index (χ2n) is 12.7. The maximum atomic E-state index is 13.1. The minimum atomic E-state index is -0.482. The lowest BCUT2D eigenvalue weighted by atomic mass is 10.00. The summed E-state index contributed by atoms with van der Waals surface area (Å²) < 4.78 is 6.42. The number of fused-ring (bicyclic) bond motifs is 8. The number of aromatic nitrogens is 6. The number of H-pyrrole nitrogens is 2. The van der Waals surface area contributed by atoms with Gasteiger partial charge in [-0.15, -0.1) is 0 Å². The molecule has 0 radical (unpaired) electrons. The van der Waals surface area contributed by atoms with Crippen molar-refractivity contribution in [2.75, 3.05) is 13.7 Å². The van der Waals surface area contributed by atoms with Gasteiger partial charge in [-0.3, -0.25) is 9.59 Å². The Labute approximate surface area is 288 Å². The van der Waals surface area contributed by atoms with Crippen molar-refractivity contribution in [1.29, 1.82) is 0 Å². The van der Waals surface area contributed by atoms with Gasteiger partial charge in [0.25, 0.3) is 0 Å². The Balaban J connectivity index is 1.41. The molecule has 0 aromatic carbocycles. The fraction of sp³-hybridized carbons (Fsp3) is 0.324. The van der Waals surface area contributed by atoms with Crippen LogP contribution in [0.5, 0.6) is 0 Å². The van der Waals surface area contributed by atoms with Gasteiger partial charge in [0.05, 0.1) is 36.4 Å². The first-order chi connectivity index (χ1) is 23.9. The largest absolute Gasteiger partial charge is 0.469 e. The lowest BCUT2D eigenvalue weighted by molar-refractivity contribution is -0.392. The monoisotopic (exact) mass is 676 g/mol. The average molecular weight is 677 g/mol. The molecule has 0 atom stereocenters. The van der Waals surface area contributed by atoms with E-state index in [0.29, 0.717) is 18.7 Å². The van der Waals surface area contributed by atoms with E-state index in [4.69, 9.17) is 14.7 Å². The fourth-order valence-corrected chi connectivity index (χ4v) is 6.49. The molecular formula is C37H40N8O5. The van der Waals surface area contributed by atoms with Gasteiger partial charge >= 0.3 is 11.8 Å². The number of nitrogens with one attached hydrogen (secondary N) is 3. The lowest BCUT2D eigenvalue weighted by Gasteiger charge is -2.07. The number of allylic oxidation sites excluding steroid dienone is 3. The van der Waals surface area contributed by atoms with E-state index in [0.717, 1.165) is 78.3 Å². The van der Waals surface area contributed by atoms with Crippen LogP contribution in [-0.4, -0.2) is 59.9 Å². The molecule has 6 rings (SSSR count). The Kier molecular flexibility index (Phi) is 9.49. The molecule has 0 saturated heterocycles. The molecule has 0 aliphatic carbocycles. The van der Waals surface area contributed by atoms with Crippen molar-refractivity contribution in [2.24, 2.45) is 0 Å². The van der Waals surface area contributed by atoms with E-state index in [9.17, 15) is 19.7 Å². The van der Waals surface area contributed by atoms with Crippen molar-refractivity contribution in [3.63, 3.8) is 0 Å². The van der Waals surface area contributed by atoms with Gasteiger partial charge in [-0.25, -0.2) is 19.5 Å². The summed E-state index contributed by atoms with van der Waals surface area (Å²) in [5, 5.41) is 14.2. The third-order valence-corrected chi connectivity index (χ3v) is 9.37. The van der Waals surface area contributed by atoms with Crippen molar-refractivity contribution in [3.8, 4) is 0 Å². The number of imidazole rings is 1. The summed E-state index contributed by atoms with van der Waals surface area (Å²) in [6, 6.07) is 10.2. The van der Waals surface area contributed by atoms with Crippen molar-refractivity contribution >= 4 is 62.6 Å². The van der Waals surface area contributed by atoms with Crippen LogP contribution < -0.4 is 5.32 Å². The number of nitro groups is 1. The number of methoxy groups -OCH3 is 1. The highest BCUT2D eigenvalue weighted by molar-refractivity contribution is 5.94. The number of nitrogens with zero attached hydrogens (tertiary/aromatic N) is 5. The van der Waals surface area contributed by atoms with Crippen LogP contribution in [0, 0.1) is 30.9 Å². The van der Waals surface area contributed by atoms with Gasteiger partial charge in [0.2, 0.25) is 5.91 Å². The summed E-state index contributed by atoms with van der Waals surface area (Å²) in [5.74, 6) is -0.0698. The Morgan fingerprint density at radius 3 is 2.48 bits per heavy atom. The molecule has 258 valence electrons. The molecule has 6 heterocycles. The van der Waals surface area contributed by atoms with Gasteiger partial charge in [0, 0.05) is 41.8 Å². The van der Waals surface area contributed by atoms with E-state index in [2.05, 4.69) is 45.4 Å². The van der Waals surface area contributed by atoms with Gasteiger partial charge in [-0.2, -0.15) is 0 Å². The second-order valence-corrected chi connectivity index (χ2v) is 12.7. The Morgan fingerprint density at radius 1 is 0.920 bits per heavy atom. The molecule has 13 heteroatoms. The number of hydrogen-bond acceptors (Lipinski definition) is 8. The smallest absolute Gasteiger partial charge is 0.342 e. The molecule has 0 spiro atoms. The number of aromatic amines is 2. The van der Waals surface area contributed by atoms with Crippen molar-refractivity contribution in [3.05, 3.63) is 91.9 Å². The lowest BCUT2D eigenvalue weighted by Crippen LogP contribution is -2.28. The molecule has 3 N–H and O–H groups in total. The third-order valence-electron chi connectivity index (χ3n) is 9.37. The molecule has 2 aliphatic heterocycles. The number of carbonyl (C=O) groups is 2. The molecule has 0 saturated carbocycles. The van der Waals surface area contributed by atoms with E-state index in [-0.39, 0.29) is 43.6 Å². The summed E-state index contributed by atoms with van der Waals surface area (Å²) in [6.45, 7) is 10.3. The fourth-order valence-electron chi connectivity index (χ4n) is 6.49. The Hall–Kier alpha value is -5.85. The zero-order valence-electron chi connectivity index (χ0n) is 29.1. The molecule has 13 nitrogen and oxygen atoms in total. The quantitative estimate of drug-likeness (QED) is 0.0965. The average Bonchev–Trinajstić information content (AvgIpc) is 3.85. The van der Waals surface area contributed by atoms with Crippen LogP contribution in [0.1, 0.15) is 78.4 Å². The molecule has 0 fully saturated rings. The predicted octanol–water partition coefficient (Wildman–Crippen LogP) is 6.54. The highest BCUT2D eigenvalue weighted by Crippen LogP contribution is 2.35. The predicted molar refractivity (Wildman–Crippen MR) is 193 cm³/mol. The van der Waals surface area contributed by atoms with Crippen LogP contribution in [-0.2, 0) is 27.3 Å². The highest BCUT2D eigenvalue weighted by Gasteiger charge is 2.21. The highest BCUT2D eigenvalue weighted by atomic mass is 16.6. The van der Waals surface area contributed by atoms with Crippen LogP contribution in [0.15, 0.2) is 36.5 Å². The maximum absolute atomic E-state index is 13.1. The van der Waals surface area contributed by atoms with E-state index in [1.165, 1.54) is 17.9 Å². The minimum Gasteiger partial charge on any atom is -0.469 e. The van der Waals surface area contributed by atoms with Crippen molar-refractivity contribution < 1.29 is 19.2 Å². The van der Waals surface area contributed by atoms with Crippen molar-refractivity contribution in [2.45, 2.75) is 66.8 Å². The zero-order chi connectivity index (χ0) is 35.7. The van der Waals surface area contributed by atoms with Gasteiger partial charge in [-0.05, 0) is 115 Å². The van der Waals surface area contributed by atoms with Crippen LogP contribution in [0.25, 0.3) is 44.9 Å². The molecular weight excluding hydrogens is 636 g/mol. The van der Waals surface area contributed by atoms with Crippen LogP contribution in [0.3, 0.4) is 0 Å². The van der Waals surface area contributed by atoms with Crippen molar-refractivity contribution in [1.82, 2.24) is 34.8 Å². The standard InChI is InChI=1S/C37H40N8O5/c1-20-13-26-16-31-22(3)27(7-9-35(46)38-11-12-44-24(5)39-19-36(44)45(48)49)33(42-31)18-34-28(8-10-37(47)50-6)23(4)32(43-34)17-30-21(2)14-25(41-30)15-29(20)40-26/h13-19,40,42H,7-12H2,1-6H3,(H,38,46). The molecule has 1 amide bonds. The molecule has 0 unspecified atom stereocenters. The number of hydrogen-bond donors (Lipinski definition) is 3. The SMILES string of the molecule is COC(=O)CCC1=C(C)c2cc3nc(cc4[nH]c(cc4C)cc4[nH]c(cc1n2)c(CCC(=O)NCCn1c([N+](=O)[O-])cnc1C)c4C)C=C3C. The topological polar surface area (TPSA) is 174 Å². The first-order valence-corrected chi connectivity index (χ1v) is 16.5. The number of esters is 1. The van der Waals surface area contributed by atoms with Crippen LogP contribution in [0.2, 0.25) is 0 Å². The first-order valence-electron chi connectivity index (χ1n) is 16.5. The number of rotatable bonds is 10. The zero-order valence-corrected chi connectivity index (χ0v) is 29.1. The molecule has 4 aromatic rings. The van der Waals surface area contributed by atoms with E-state index < -0.39 is 4.92 Å². The Morgan fingerprint density at radius 2 is 1.72 bits per heavy atom. The van der Waals surface area contributed by atoms with Gasteiger partial charge in [0.15, 0.2) is 5.82 Å². The van der Waals surface area contributed by atoms with Crippen LogP contribution in [0.4, 0.5) is 5.82 Å². The molecule has 8 bridgehead atoms. The first kappa shape index (κ1) is 34.0. The van der Waals surface area contributed by atoms with Gasteiger partial charge < -0.3 is 30.1 Å². The summed E-state index contributed by atoms with van der Waals surface area (Å²) >= 11 is 0. The number of ether oxygens (including phenoxy) is 1. The molecule has 4 aromatic heterocycles. The number of amides is 1. The maximum Gasteiger partial charge on any atom is 0.342 e. The van der Waals surface area contributed by atoms with Gasteiger partial charge in [-0.1, -0.05) is 0 Å². The second kappa shape index (κ2) is 13.9. The number of aryl methyl sites for hydroxylation is 4. The Bertz CT molecular complexity index is 2270. The van der Waals surface area contributed by atoms with E-state index in [1.807, 2.05) is 39.0 Å². The minimum absolute atomic E-state index is 0.110. The summed E-state index contributed by atoms with van der Waals surface area (Å²) in [5.41, 5.74) is 12.8. The summed E-state index contributed by atoms with van der Waals surface area (Å²) in [7, 11) is 1.38. The number of carbonyl (C=O) groups excluding carboxylic acids is 2.